The Bertz CT molecular complexity index is 250. The number of hydrogen-bond donors (Lipinski definition) is 2. The Balaban J connectivity index is 2.38. The first-order valence-electron chi connectivity index (χ1n) is 3.51. The lowest BCUT2D eigenvalue weighted by Crippen LogP contribution is -2.77. The summed E-state index contributed by atoms with van der Waals surface area (Å²) >= 11 is 3.66. The van der Waals surface area contributed by atoms with E-state index in [1.54, 1.807) is 0 Å². The third-order valence-corrected chi connectivity index (χ3v) is 1.54. The van der Waals surface area contributed by atoms with Crippen molar-refractivity contribution in [1.82, 2.24) is 0 Å². The third kappa shape index (κ3) is 2.94. The largest absolute Gasteiger partial charge is 0.524 e. The summed E-state index contributed by atoms with van der Waals surface area (Å²) in [4.78, 5) is 10.6. The number of nitrogens with two attached hydrogens (primary N) is 1. The maximum absolute atomic E-state index is 10.6. The molecule has 0 aliphatic rings. The number of thiol groups is 1. The predicted molar refractivity (Wildman–Crippen MR) is 47.5 cm³/mol. The van der Waals surface area contributed by atoms with Gasteiger partial charge in [0.15, 0.2) is 0 Å². The molecule has 64 valence electrons. The number of carbonyl (C=O) groups excluding carboxylic acids is 1. The number of hydrogen-bond acceptors (Lipinski definition) is 3. The standard InChI is InChI=1S/C8H9NO2S/c10-8(9-12)11-6-7-4-2-1-3-5-7/h1-5,12H,6H2,(H,9,10)/p+1. The van der Waals surface area contributed by atoms with Gasteiger partial charge in [-0.25, -0.2) is 0 Å². The van der Waals surface area contributed by atoms with Gasteiger partial charge in [-0.15, -0.1) is 0 Å². The quantitative estimate of drug-likeness (QED) is 0.665. The maximum Gasteiger partial charge on any atom is 0.524 e. The van der Waals surface area contributed by atoms with E-state index in [-0.39, 0.29) is 0 Å². The van der Waals surface area contributed by atoms with E-state index in [0.717, 1.165) is 10.3 Å². The molecule has 0 unspecified atom stereocenters. The first-order chi connectivity index (χ1) is 5.83. The molecular formula is C8H10NO2S+. The fourth-order valence-corrected chi connectivity index (χ4v) is 0.841. The molecule has 2 N–H and O–H groups in total. The lowest BCUT2D eigenvalue weighted by Gasteiger charge is -1.98. The van der Waals surface area contributed by atoms with Gasteiger partial charge in [-0.2, -0.15) is 9.52 Å². The van der Waals surface area contributed by atoms with Gasteiger partial charge in [0.1, 0.15) is 6.61 Å². The van der Waals surface area contributed by atoms with Crippen LogP contribution in [0, 0.1) is 0 Å². The summed E-state index contributed by atoms with van der Waals surface area (Å²) in [7, 11) is 0. The van der Waals surface area contributed by atoms with Crippen molar-refractivity contribution in [2.75, 3.05) is 0 Å². The highest BCUT2D eigenvalue weighted by molar-refractivity contribution is 7.73. The van der Waals surface area contributed by atoms with Crippen molar-refractivity contribution < 1.29 is 14.3 Å². The van der Waals surface area contributed by atoms with E-state index in [4.69, 9.17) is 4.74 Å². The number of rotatable bonds is 2. The van der Waals surface area contributed by atoms with E-state index in [0.29, 0.717) is 6.61 Å². The first kappa shape index (κ1) is 9.09. The molecule has 3 nitrogen and oxygen atoms in total. The van der Waals surface area contributed by atoms with E-state index in [9.17, 15) is 4.79 Å². The number of ether oxygens (including phenoxy) is 1. The molecule has 0 aliphatic carbocycles. The summed E-state index contributed by atoms with van der Waals surface area (Å²) in [6.07, 6.45) is -0.415. The smallest absolute Gasteiger partial charge is 0.415 e. The van der Waals surface area contributed by atoms with Crippen LogP contribution < -0.4 is 4.72 Å². The highest BCUT2D eigenvalue weighted by Crippen LogP contribution is 1.99. The van der Waals surface area contributed by atoms with Crippen molar-refractivity contribution in [3.8, 4) is 0 Å². The molecule has 1 rings (SSSR count). The van der Waals surface area contributed by atoms with Crippen LogP contribution in [0.3, 0.4) is 0 Å². The number of primary amides is 1. The fraction of sp³-hybridized carbons (Fsp3) is 0.125. The average molecular weight is 184 g/mol. The Labute approximate surface area is 76.3 Å². The van der Waals surface area contributed by atoms with E-state index < -0.39 is 6.09 Å². The fourth-order valence-electron chi connectivity index (χ4n) is 0.766. The molecule has 0 atom stereocenters. The van der Waals surface area contributed by atoms with Gasteiger partial charge in [-0.3, -0.25) is 0 Å². The van der Waals surface area contributed by atoms with Crippen LogP contribution in [0.2, 0.25) is 0 Å². The number of benzene rings is 1. The van der Waals surface area contributed by atoms with Crippen molar-refractivity contribution in [3.05, 3.63) is 35.9 Å². The van der Waals surface area contributed by atoms with E-state index in [1.165, 1.54) is 0 Å². The lowest BCUT2D eigenvalue weighted by molar-refractivity contribution is -0.386. The van der Waals surface area contributed by atoms with Gasteiger partial charge in [-0.05, 0) is 5.56 Å². The highest BCUT2D eigenvalue weighted by Gasteiger charge is 2.02. The molecular weight excluding hydrogens is 174 g/mol. The van der Waals surface area contributed by atoms with Crippen LogP contribution in [0.1, 0.15) is 5.56 Å². The summed E-state index contributed by atoms with van der Waals surface area (Å²) in [6, 6.07) is 9.49. The van der Waals surface area contributed by atoms with Gasteiger partial charge in [0.05, 0.1) is 12.8 Å². The Morgan fingerprint density at radius 1 is 1.42 bits per heavy atom. The van der Waals surface area contributed by atoms with Crippen LogP contribution in [0.15, 0.2) is 30.3 Å². The van der Waals surface area contributed by atoms with Crippen molar-refractivity contribution in [1.29, 1.82) is 0 Å². The highest BCUT2D eigenvalue weighted by atomic mass is 32.1. The van der Waals surface area contributed by atoms with Crippen molar-refractivity contribution in [2.24, 2.45) is 0 Å². The summed E-state index contributed by atoms with van der Waals surface area (Å²) in [6.45, 7) is 0.302. The number of quaternary nitrogens is 1. The summed E-state index contributed by atoms with van der Waals surface area (Å²) in [5, 5.41) is 0. The molecule has 0 aromatic heterocycles. The van der Waals surface area contributed by atoms with Crippen LogP contribution in [0.25, 0.3) is 0 Å². The molecule has 1 amide bonds. The molecule has 1 aromatic rings. The normalized spacial score (nSPS) is 9.42. The third-order valence-electron chi connectivity index (χ3n) is 1.33. The van der Waals surface area contributed by atoms with Crippen LogP contribution in [-0.2, 0) is 11.3 Å². The zero-order valence-electron chi connectivity index (χ0n) is 6.43. The van der Waals surface area contributed by atoms with Gasteiger partial charge < -0.3 is 4.74 Å². The van der Waals surface area contributed by atoms with Crippen LogP contribution in [0.5, 0.6) is 0 Å². The van der Waals surface area contributed by atoms with Gasteiger partial charge >= 0.3 is 6.09 Å². The number of amides is 1. The van der Waals surface area contributed by atoms with E-state index >= 15 is 0 Å². The van der Waals surface area contributed by atoms with E-state index in [2.05, 4.69) is 12.8 Å². The second kappa shape index (κ2) is 4.79. The average Bonchev–Trinajstić information content (AvgIpc) is 2.16. The zero-order chi connectivity index (χ0) is 8.81. The van der Waals surface area contributed by atoms with Crippen molar-refractivity contribution >= 4 is 18.9 Å². The minimum Gasteiger partial charge on any atom is -0.415 e. The molecule has 0 spiro atoms. The Kier molecular flexibility index (Phi) is 3.63. The Hall–Kier alpha value is -1.00. The topological polar surface area (TPSA) is 42.9 Å². The second-order valence-corrected chi connectivity index (χ2v) is 2.48. The zero-order valence-corrected chi connectivity index (χ0v) is 7.33. The first-order valence-corrected chi connectivity index (χ1v) is 4.02. The van der Waals surface area contributed by atoms with Crippen molar-refractivity contribution in [2.45, 2.75) is 6.61 Å². The van der Waals surface area contributed by atoms with Crippen molar-refractivity contribution in [3.63, 3.8) is 0 Å². The van der Waals surface area contributed by atoms with Gasteiger partial charge in [0, 0.05) is 0 Å². The SMILES string of the molecule is O=C([NH2+]S)OCc1ccccc1. The van der Waals surface area contributed by atoms with Gasteiger partial charge in [-0.1, -0.05) is 30.3 Å². The maximum atomic E-state index is 10.6. The molecule has 1 aromatic carbocycles. The molecule has 4 heteroatoms. The van der Waals surface area contributed by atoms with Gasteiger partial charge in [0.2, 0.25) is 0 Å². The Morgan fingerprint density at radius 3 is 2.67 bits per heavy atom. The molecule has 0 radical (unpaired) electrons. The van der Waals surface area contributed by atoms with Crippen LogP contribution in [0.4, 0.5) is 4.79 Å². The molecule has 0 heterocycles. The molecule has 0 aliphatic heterocycles. The van der Waals surface area contributed by atoms with Crippen LogP contribution in [-0.4, -0.2) is 6.09 Å². The Morgan fingerprint density at radius 2 is 2.08 bits per heavy atom. The summed E-state index contributed by atoms with van der Waals surface area (Å²) in [5.74, 6) is 0. The molecule has 0 saturated carbocycles. The molecule has 0 fully saturated rings. The minimum atomic E-state index is -0.415. The summed E-state index contributed by atoms with van der Waals surface area (Å²) in [5.41, 5.74) is 0.973. The lowest BCUT2D eigenvalue weighted by atomic mass is 10.2. The van der Waals surface area contributed by atoms with Crippen LogP contribution >= 0.6 is 12.8 Å². The molecule has 0 saturated heterocycles. The molecule has 0 bridgehead atoms. The van der Waals surface area contributed by atoms with E-state index in [1.807, 2.05) is 30.3 Å². The second-order valence-electron chi connectivity index (χ2n) is 2.22. The minimum absolute atomic E-state index is 0.302. The predicted octanol–water partition coefficient (Wildman–Crippen LogP) is 0.731. The summed E-state index contributed by atoms with van der Waals surface area (Å²) < 4.78 is 5.91. The molecule has 12 heavy (non-hydrogen) atoms. The number of carbonyl (C=O) groups is 1. The van der Waals surface area contributed by atoms with Gasteiger partial charge in [0.25, 0.3) is 0 Å². The monoisotopic (exact) mass is 184 g/mol.